The van der Waals surface area contributed by atoms with E-state index in [1.54, 1.807) is 0 Å². The fourth-order valence-electron chi connectivity index (χ4n) is 1.91. The summed E-state index contributed by atoms with van der Waals surface area (Å²) < 4.78 is 1.87. The Kier molecular flexibility index (Phi) is 4.54. The zero-order valence-electron chi connectivity index (χ0n) is 9.78. The molecule has 1 fully saturated rings. The van der Waals surface area contributed by atoms with E-state index in [4.69, 9.17) is 0 Å². The van der Waals surface area contributed by atoms with Crippen molar-refractivity contribution in [1.29, 1.82) is 0 Å². The minimum Gasteiger partial charge on any atom is -0.369 e. The Morgan fingerprint density at radius 2 is 2.38 bits per heavy atom. The lowest BCUT2D eigenvalue weighted by atomic mass is 10.2. The summed E-state index contributed by atoms with van der Waals surface area (Å²) in [6, 6.07) is 2.01. The first kappa shape index (κ1) is 11.8. The summed E-state index contributed by atoms with van der Waals surface area (Å²) in [6.07, 6.45) is 4.45. The lowest BCUT2D eigenvalue weighted by Gasteiger charge is -2.22. The van der Waals surface area contributed by atoms with E-state index in [1.807, 2.05) is 24.0 Å². The molecular formula is C11H20N4S. The highest BCUT2D eigenvalue weighted by molar-refractivity contribution is 7.99. The van der Waals surface area contributed by atoms with Crippen molar-refractivity contribution in [3.63, 3.8) is 0 Å². The van der Waals surface area contributed by atoms with Gasteiger partial charge in [0.15, 0.2) is 0 Å². The third-order valence-corrected chi connectivity index (χ3v) is 4.25. The van der Waals surface area contributed by atoms with Gasteiger partial charge in [-0.25, -0.2) is 0 Å². The summed E-state index contributed by atoms with van der Waals surface area (Å²) in [5.41, 5.74) is 0. The zero-order chi connectivity index (χ0) is 11.2. The SMILES string of the molecule is Cn1nccc1NCCSC1CCNCC1. The normalized spacial score (nSPS) is 17.6. The van der Waals surface area contributed by atoms with E-state index >= 15 is 0 Å². The van der Waals surface area contributed by atoms with Gasteiger partial charge in [-0.1, -0.05) is 0 Å². The molecule has 2 N–H and O–H groups in total. The van der Waals surface area contributed by atoms with Crippen LogP contribution in [0, 0.1) is 0 Å². The minimum absolute atomic E-state index is 0.856. The van der Waals surface area contributed by atoms with Gasteiger partial charge >= 0.3 is 0 Å². The van der Waals surface area contributed by atoms with Gasteiger partial charge in [0.1, 0.15) is 5.82 Å². The molecule has 0 amide bonds. The van der Waals surface area contributed by atoms with Crippen molar-refractivity contribution in [2.75, 3.05) is 30.7 Å². The Hall–Kier alpha value is -0.680. The molecule has 1 aromatic rings. The average Bonchev–Trinajstić information content (AvgIpc) is 2.72. The van der Waals surface area contributed by atoms with Crippen molar-refractivity contribution >= 4 is 17.6 Å². The van der Waals surface area contributed by atoms with Crippen LogP contribution in [-0.4, -0.2) is 40.4 Å². The van der Waals surface area contributed by atoms with Gasteiger partial charge in [-0.05, 0) is 25.9 Å². The van der Waals surface area contributed by atoms with E-state index < -0.39 is 0 Å². The van der Waals surface area contributed by atoms with Crippen LogP contribution in [0.25, 0.3) is 0 Å². The standard InChI is InChI=1S/C11H20N4S/c1-15-11(4-7-14-15)13-8-9-16-10-2-5-12-6-3-10/h4,7,10,12-13H,2-3,5-6,8-9H2,1H3. The molecule has 0 spiro atoms. The van der Waals surface area contributed by atoms with E-state index in [9.17, 15) is 0 Å². The maximum Gasteiger partial charge on any atom is 0.123 e. The van der Waals surface area contributed by atoms with Crippen molar-refractivity contribution < 1.29 is 0 Å². The molecule has 0 unspecified atom stereocenters. The molecule has 16 heavy (non-hydrogen) atoms. The lowest BCUT2D eigenvalue weighted by Crippen LogP contribution is -2.29. The topological polar surface area (TPSA) is 41.9 Å². The fourth-order valence-corrected chi connectivity index (χ4v) is 3.04. The van der Waals surface area contributed by atoms with Crippen LogP contribution >= 0.6 is 11.8 Å². The van der Waals surface area contributed by atoms with Crippen LogP contribution in [0.4, 0.5) is 5.82 Å². The van der Waals surface area contributed by atoms with Crippen LogP contribution in [0.5, 0.6) is 0 Å². The first-order valence-electron chi connectivity index (χ1n) is 5.90. The molecule has 0 aromatic carbocycles. The molecule has 4 nitrogen and oxygen atoms in total. The Morgan fingerprint density at radius 1 is 1.56 bits per heavy atom. The second kappa shape index (κ2) is 6.15. The Morgan fingerprint density at radius 3 is 3.06 bits per heavy atom. The van der Waals surface area contributed by atoms with Gasteiger partial charge in [0.2, 0.25) is 0 Å². The number of aromatic nitrogens is 2. The highest BCUT2D eigenvalue weighted by Crippen LogP contribution is 2.19. The summed E-state index contributed by atoms with van der Waals surface area (Å²) in [6.45, 7) is 3.40. The van der Waals surface area contributed by atoms with Crippen LogP contribution in [-0.2, 0) is 7.05 Å². The number of thioether (sulfide) groups is 1. The van der Waals surface area contributed by atoms with Crippen molar-refractivity contribution in [3.05, 3.63) is 12.3 Å². The molecule has 0 aliphatic carbocycles. The first-order valence-corrected chi connectivity index (χ1v) is 6.95. The molecule has 0 atom stereocenters. The van der Waals surface area contributed by atoms with Crippen molar-refractivity contribution in [2.45, 2.75) is 18.1 Å². The van der Waals surface area contributed by atoms with E-state index in [-0.39, 0.29) is 0 Å². The molecule has 2 rings (SSSR count). The molecule has 0 radical (unpaired) electrons. The maximum atomic E-state index is 4.12. The number of nitrogens with zero attached hydrogens (tertiary/aromatic N) is 2. The highest BCUT2D eigenvalue weighted by atomic mass is 32.2. The molecule has 0 bridgehead atoms. The molecule has 1 aliphatic heterocycles. The molecule has 1 aliphatic rings. The Labute approximate surface area is 101 Å². The van der Waals surface area contributed by atoms with Crippen molar-refractivity contribution in [2.24, 2.45) is 7.05 Å². The van der Waals surface area contributed by atoms with E-state index in [1.165, 1.54) is 31.7 Å². The first-order chi connectivity index (χ1) is 7.86. The maximum absolute atomic E-state index is 4.12. The number of piperidine rings is 1. The quantitative estimate of drug-likeness (QED) is 0.762. The molecule has 90 valence electrons. The van der Waals surface area contributed by atoms with Gasteiger partial charge in [-0.3, -0.25) is 4.68 Å². The molecular weight excluding hydrogens is 220 g/mol. The number of aryl methyl sites for hydroxylation is 1. The van der Waals surface area contributed by atoms with Crippen molar-refractivity contribution in [3.8, 4) is 0 Å². The summed E-state index contributed by atoms with van der Waals surface area (Å²) in [7, 11) is 1.96. The molecule has 2 heterocycles. The Balaban J connectivity index is 1.59. The van der Waals surface area contributed by atoms with Crippen LogP contribution in [0.3, 0.4) is 0 Å². The summed E-state index contributed by atoms with van der Waals surface area (Å²) in [5.74, 6) is 2.28. The fraction of sp³-hybridized carbons (Fsp3) is 0.727. The number of rotatable bonds is 5. The highest BCUT2D eigenvalue weighted by Gasteiger charge is 2.12. The molecule has 5 heteroatoms. The van der Waals surface area contributed by atoms with E-state index in [2.05, 4.69) is 27.5 Å². The van der Waals surface area contributed by atoms with Gasteiger partial charge in [0.05, 0.1) is 6.20 Å². The van der Waals surface area contributed by atoms with E-state index in [0.29, 0.717) is 0 Å². The largest absolute Gasteiger partial charge is 0.369 e. The summed E-state index contributed by atoms with van der Waals surface area (Å²) in [4.78, 5) is 0. The van der Waals surface area contributed by atoms with Crippen LogP contribution in [0.1, 0.15) is 12.8 Å². The van der Waals surface area contributed by atoms with Gasteiger partial charge in [0, 0.05) is 30.7 Å². The molecule has 1 aromatic heterocycles. The van der Waals surface area contributed by atoms with Crippen molar-refractivity contribution in [1.82, 2.24) is 15.1 Å². The van der Waals surface area contributed by atoms with E-state index in [0.717, 1.165) is 17.6 Å². The monoisotopic (exact) mass is 240 g/mol. The predicted molar refractivity (Wildman–Crippen MR) is 70.0 cm³/mol. The number of hydrogen-bond acceptors (Lipinski definition) is 4. The molecule has 1 saturated heterocycles. The predicted octanol–water partition coefficient (Wildman–Crippen LogP) is 1.32. The average molecular weight is 240 g/mol. The second-order valence-electron chi connectivity index (χ2n) is 4.09. The third-order valence-electron chi connectivity index (χ3n) is 2.87. The second-order valence-corrected chi connectivity index (χ2v) is 5.50. The van der Waals surface area contributed by atoms with Crippen LogP contribution in [0.15, 0.2) is 12.3 Å². The lowest BCUT2D eigenvalue weighted by molar-refractivity contribution is 0.531. The van der Waals surface area contributed by atoms with Crippen LogP contribution in [0.2, 0.25) is 0 Å². The van der Waals surface area contributed by atoms with Gasteiger partial charge in [-0.2, -0.15) is 16.9 Å². The molecule has 0 saturated carbocycles. The third kappa shape index (κ3) is 3.42. The number of nitrogens with one attached hydrogen (secondary N) is 2. The number of hydrogen-bond donors (Lipinski definition) is 2. The van der Waals surface area contributed by atoms with Gasteiger partial charge in [-0.15, -0.1) is 0 Å². The van der Waals surface area contributed by atoms with Gasteiger partial charge in [0.25, 0.3) is 0 Å². The zero-order valence-corrected chi connectivity index (χ0v) is 10.6. The number of anilines is 1. The summed E-state index contributed by atoms with van der Waals surface area (Å²) in [5, 5.41) is 11.8. The van der Waals surface area contributed by atoms with Gasteiger partial charge < -0.3 is 10.6 Å². The smallest absolute Gasteiger partial charge is 0.123 e. The Bertz CT molecular complexity index is 307. The van der Waals surface area contributed by atoms with Crippen LogP contribution < -0.4 is 10.6 Å². The summed E-state index contributed by atoms with van der Waals surface area (Å²) >= 11 is 2.09. The minimum atomic E-state index is 0.856.